The molecule has 0 saturated carbocycles. The van der Waals surface area contributed by atoms with Gasteiger partial charge in [-0.25, -0.2) is 4.99 Å². The topological polar surface area (TPSA) is 57.1 Å². The molecule has 1 amide bonds. The van der Waals surface area contributed by atoms with Crippen LogP contribution >= 0.6 is 11.3 Å². The van der Waals surface area contributed by atoms with Gasteiger partial charge >= 0.3 is 0 Å². The van der Waals surface area contributed by atoms with Crippen LogP contribution in [0.25, 0.3) is 0 Å². The molecule has 6 heteroatoms. The standard InChI is InChI=1S/C16H14N4OS/c1-10-6-7-13(22-10)15(21)19-16-18-12-5-3-2-4-11(12)14-17-8-9-20(14)16/h2-7H,8-9H2,1H3,(H,18,19,21). The summed E-state index contributed by atoms with van der Waals surface area (Å²) in [5.74, 6) is 1.33. The number of hydrogen-bond donors (Lipinski definition) is 1. The molecule has 1 N–H and O–H groups in total. The van der Waals surface area contributed by atoms with Gasteiger partial charge in [0, 0.05) is 17.0 Å². The maximum atomic E-state index is 12.4. The lowest BCUT2D eigenvalue weighted by Gasteiger charge is -2.27. The Hall–Kier alpha value is -2.47. The highest BCUT2D eigenvalue weighted by Crippen LogP contribution is 2.27. The van der Waals surface area contributed by atoms with Gasteiger partial charge in [-0.2, -0.15) is 0 Å². The average Bonchev–Trinajstić information content (AvgIpc) is 3.16. The number of nitrogens with one attached hydrogen (secondary N) is 1. The van der Waals surface area contributed by atoms with E-state index in [0.717, 1.165) is 35.1 Å². The molecule has 1 aromatic heterocycles. The van der Waals surface area contributed by atoms with E-state index in [9.17, 15) is 4.79 Å². The number of hydrogen-bond acceptors (Lipinski definition) is 5. The molecule has 0 aliphatic carbocycles. The second-order valence-corrected chi connectivity index (χ2v) is 6.46. The maximum absolute atomic E-state index is 12.4. The summed E-state index contributed by atoms with van der Waals surface area (Å²) < 4.78 is 0. The van der Waals surface area contributed by atoms with Crippen LogP contribution in [0.5, 0.6) is 0 Å². The van der Waals surface area contributed by atoms with Crippen molar-refractivity contribution in [2.45, 2.75) is 6.92 Å². The fraction of sp³-hybridized carbons (Fsp3) is 0.188. The third kappa shape index (κ3) is 2.12. The predicted molar refractivity (Wildman–Crippen MR) is 88.2 cm³/mol. The molecule has 2 aromatic rings. The third-order valence-corrected chi connectivity index (χ3v) is 4.66. The fourth-order valence-electron chi connectivity index (χ4n) is 2.63. The minimum Gasteiger partial charge on any atom is -0.294 e. The highest BCUT2D eigenvalue weighted by Gasteiger charge is 2.30. The van der Waals surface area contributed by atoms with Gasteiger partial charge in [0.15, 0.2) is 0 Å². The van der Waals surface area contributed by atoms with Crippen LogP contribution in [0.3, 0.4) is 0 Å². The van der Waals surface area contributed by atoms with E-state index in [1.54, 1.807) is 0 Å². The Bertz CT molecular complexity index is 821. The molecule has 1 aromatic carbocycles. The quantitative estimate of drug-likeness (QED) is 0.880. The summed E-state index contributed by atoms with van der Waals surface area (Å²) in [6, 6.07) is 11.7. The van der Waals surface area contributed by atoms with E-state index in [1.807, 2.05) is 48.2 Å². The molecule has 5 nitrogen and oxygen atoms in total. The first-order valence-corrected chi connectivity index (χ1v) is 7.92. The second kappa shape index (κ2) is 5.06. The van der Waals surface area contributed by atoms with Gasteiger partial charge in [0.05, 0.1) is 17.1 Å². The van der Waals surface area contributed by atoms with E-state index in [1.165, 1.54) is 11.3 Å². The van der Waals surface area contributed by atoms with Crippen molar-refractivity contribution in [3.05, 3.63) is 51.7 Å². The molecule has 2 aliphatic rings. The van der Waals surface area contributed by atoms with Crippen LogP contribution < -0.4 is 5.32 Å². The van der Waals surface area contributed by atoms with Crippen molar-refractivity contribution >= 4 is 34.7 Å². The van der Waals surface area contributed by atoms with Crippen LogP contribution in [0.4, 0.5) is 5.69 Å². The normalized spacial score (nSPS) is 15.8. The first kappa shape index (κ1) is 13.2. The Kier molecular flexibility index (Phi) is 3.04. The minimum absolute atomic E-state index is 0.123. The van der Waals surface area contributed by atoms with Gasteiger partial charge in [0.25, 0.3) is 5.91 Å². The Morgan fingerprint density at radius 2 is 2.14 bits per heavy atom. The van der Waals surface area contributed by atoms with Gasteiger partial charge in [-0.3, -0.25) is 20.0 Å². The highest BCUT2D eigenvalue weighted by atomic mass is 32.1. The van der Waals surface area contributed by atoms with Crippen molar-refractivity contribution in [1.82, 2.24) is 10.2 Å². The van der Waals surface area contributed by atoms with E-state index >= 15 is 0 Å². The monoisotopic (exact) mass is 310 g/mol. The lowest BCUT2D eigenvalue weighted by molar-refractivity contribution is 0.0978. The number of amides is 1. The largest absolute Gasteiger partial charge is 0.294 e. The van der Waals surface area contributed by atoms with E-state index < -0.39 is 0 Å². The number of aliphatic imine (C=N–C) groups is 2. The number of thiophene rings is 1. The van der Waals surface area contributed by atoms with Gasteiger partial charge in [-0.1, -0.05) is 12.1 Å². The van der Waals surface area contributed by atoms with Crippen LogP contribution in [-0.2, 0) is 0 Å². The summed E-state index contributed by atoms with van der Waals surface area (Å²) in [6.45, 7) is 3.45. The molecule has 0 spiro atoms. The second-order valence-electron chi connectivity index (χ2n) is 5.17. The van der Waals surface area contributed by atoms with Crippen LogP contribution in [-0.4, -0.2) is 35.7 Å². The lowest BCUT2D eigenvalue weighted by Crippen LogP contribution is -2.47. The van der Waals surface area contributed by atoms with Crippen LogP contribution in [0.15, 0.2) is 46.4 Å². The first-order valence-electron chi connectivity index (χ1n) is 7.10. The number of fused-ring (bicyclic) bond motifs is 3. The predicted octanol–water partition coefficient (Wildman–Crippen LogP) is 2.55. The Morgan fingerprint density at radius 3 is 2.95 bits per heavy atom. The highest BCUT2D eigenvalue weighted by molar-refractivity contribution is 7.14. The smallest absolute Gasteiger partial charge is 0.268 e. The van der Waals surface area contributed by atoms with E-state index in [2.05, 4.69) is 15.3 Å². The molecule has 0 fully saturated rings. The Labute approximate surface area is 132 Å². The molecule has 0 bridgehead atoms. The summed E-state index contributed by atoms with van der Waals surface area (Å²) in [5.41, 5.74) is 1.86. The van der Waals surface area contributed by atoms with Crippen LogP contribution in [0, 0.1) is 6.92 Å². The number of nitrogens with zero attached hydrogens (tertiary/aromatic N) is 3. The number of carbonyl (C=O) groups excluding carboxylic acids is 1. The Morgan fingerprint density at radius 1 is 1.27 bits per heavy atom. The van der Waals surface area contributed by atoms with Gasteiger partial charge in [0.2, 0.25) is 5.96 Å². The van der Waals surface area contributed by atoms with Crippen molar-refractivity contribution in [2.24, 2.45) is 9.98 Å². The maximum Gasteiger partial charge on any atom is 0.268 e. The molecule has 110 valence electrons. The van der Waals surface area contributed by atoms with E-state index in [4.69, 9.17) is 0 Å². The van der Waals surface area contributed by atoms with Gasteiger partial charge < -0.3 is 0 Å². The van der Waals surface area contributed by atoms with Crippen LogP contribution in [0.1, 0.15) is 20.1 Å². The van der Waals surface area contributed by atoms with Gasteiger partial charge in [0.1, 0.15) is 5.84 Å². The summed E-state index contributed by atoms with van der Waals surface area (Å²) in [5, 5.41) is 2.93. The molecule has 0 atom stereocenters. The number of benzene rings is 1. The lowest BCUT2D eigenvalue weighted by atomic mass is 10.1. The summed E-state index contributed by atoms with van der Waals surface area (Å²) in [6.07, 6.45) is 0. The average molecular weight is 310 g/mol. The van der Waals surface area contributed by atoms with Gasteiger partial charge in [-0.15, -0.1) is 11.3 Å². The summed E-state index contributed by atoms with van der Waals surface area (Å²) in [7, 11) is 0. The number of para-hydroxylation sites is 1. The molecule has 0 saturated heterocycles. The van der Waals surface area contributed by atoms with Crippen molar-refractivity contribution in [3.63, 3.8) is 0 Å². The van der Waals surface area contributed by atoms with Gasteiger partial charge in [-0.05, 0) is 31.2 Å². The molecule has 4 rings (SSSR count). The Balaban J connectivity index is 1.68. The zero-order valence-corrected chi connectivity index (χ0v) is 12.9. The van der Waals surface area contributed by atoms with Crippen molar-refractivity contribution in [3.8, 4) is 0 Å². The number of guanidine groups is 1. The number of carbonyl (C=O) groups is 1. The van der Waals surface area contributed by atoms with Crippen molar-refractivity contribution in [1.29, 1.82) is 0 Å². The van der Waals surface area contributed by atoms with Crippen molar-refractivity contribution in [2.75, 3.05) is 13.1 Å². The molecule has 3 heterocycles. The summed E-state index contributed by atoms with van der Waals surface area (Å²) in [4.78, 5) is 25.3. The van der Waals surface area contributed by atoms with E-state index in [0.29, 0.717) is 10.8 Å². The SMILES string of the molecule is Cc1ccc(C(=O)NC2=Nc3ccccc3C3=NCCN23)s1. The zero-order chi connectivity index (χ0) is 15.1. The molecule has 0 radical (unpaired) electrons. The minimum atomic E-state index is -0.123. The first-order chi connectivity index (χ1) is 10.7. The number of rotatable bonds is 1. The molecule has 0 unspecified atom stereocenters. The molecular weight excluding hydrogens is 296 g/mol. The van der Waals surface area contributed by atoms with E-state index in [-0.39, 0.29) is 5.91 Å². The number of aryl methyl sites for hydroxylation is 1. The molecule has 22 heavy (non-hydrogen) atoms. The fourth-order valence-corrected chi connectivity index (χ4v) is 3.40. The zero-order valence-electron chi connectivity index (χ0n) is 12.0. The number of amidine groups is 1. The van der Waals surface area contributed by atoms with Crippen LogP contribution in [0.2, 0.25) is 0 Å². The molecule has 2 aliphatic heterocycles. The molecular formula is C16H14N4OS. The third-order valence-electron chi connectivity index (χ3n) is 3.66. The summed E-state index contributed by atoms with van der Waals surface area (Å²) >= 11 is 1.48. The van der Waals surface area contributed by atoms with Crippen molar-refractivity contribution < 1.29 is 4.79 Å².